The van der Waals surface area contributed by atoms with Crippen molar-refractivity contribution in [1.29, 1.82) is 0 Å². The molecule has 2 aliphatic carbocycles. The van der Waals surface area contributed by atoms with Crippen molar-refractivity contribution in [2.45, 2.75) is 31.8 Å². The third kappa shape index (κ3) is 2.86. The van der Waals surface area contributed by atoms with E-state index in [1.54, 1.807) is 10.9 Å². The fourth-order valence-electron chi connectivity index (χ4n) is 3.77. The molecule has 21 heavy (non-hydrogen) atoms. The van der Waals surface area contributed by atoms with E-state index in [-0.39, 0.29) is 18.0 Å². The van der Waals surface area contributed by atoms with Gasteiger partial charge in [-0.25, -0.2) is 4.79 Å². The van der Waals surface area contributed by atoms with Crippen molar-refractivity contribution in [1.82, 2.24) is 20.4 Å². The zero-order valence-corrected chi connectivity index (χ0v) is 11.7. The summed E-state index contributed by atoms with van der Waals surface area (Å²) in [5.41, 5.74) is 0. The normalized spacial score (nSPS) is 30.3. The summed E-state index contributed by atoms with van der Waals surface area (Å²) in [4.78, 5) is 23.3. The lowest BCUT2D eigenvalue weighted by molar-refractivity contribution is -0.144. The van der Waals surface area contributed by atoms with E-state index in [0.29, 0.717) is 19.0 Å². The summed E-state index contributed by atoms with van der Waals surface area (Å²) in [6, 6.07) is 1.31. The Hall–Kier alpha value is -2.05. The Labute approximate surface area is 122 Å². The van der Waals surface area contributed by atoms with E-state index in [1.165, 1.54) is 0 Å². The van der Waals surface area contributed by atoms with Crippen molar-refractivity contribution in [2.24, 2.45) is 17.8 Å². The zero-order chi connectivity index (χ0) is 14.8. The molecule has 4 unspecified atom stereocenters. The van der Waals surface area contributed by atoms with Crippen LogP contribution in [0.2, 0.25) is 0 Å². The molecule has 114 valence electrons. The standard InChI is InChI=1S/C14H20N4O3/c19-13(20)11-9-2-3-10(8-9)12(11)17-14(21)15-5-7-18-6-1-4-16-18/h1,4,6,9-12H,2-3,5,7-8H2,(H,19,20)(H2,15,17,21). The second-order valence-electron chi connectivity index (χ2n) is 5.89. The second-order valence-corrected chi connectivity index (χ2v) is 5.89. The fourth-order valence-corrected chi connectivity index (χ4v) is 3.77. The molecule has 0 aromatic carbocycles. The van der Waals surface area contributed by atoms with E-state index in [0.717, 1.165) is 19.3 Å². The number of fused-ring (bicyclic) bond motifs is 2. The van der Waals surface area contributed by atoms with E-state index in [4.69, 9.17) is 0 Å². The number of aliphatic carboxylic acids is 1. The molecule has 3 N–H and O–H groups in total. The highest BCUT2D eigenvalue weighted by Crippen LogP contribution is 2.48. The topological polar surface area (TPSA) is 96.3 Å². The Morgan fingerprint density at radius 3 is 2.86 bits per heavy atom. The number of carboxylic acid groups (broad SMARTS) is 1. The van der Waals surface area contributed by atoms with Gasteiger partial charge in [0.25, 0.3) is 0 Å². The van der Waals surface area contributed by atoms with Gasteiger partial charge in [-0.2, -0.15) is 5.10 Å². The minimum Gasteiger partial charge on any atom is -0.481 e. The lowest BCUT2D eigenvalue weighted by Gasteiger charge is -2.28. The number of rotatable bonds is 5. The molecule has 2 bridgehead atoms. The first-order valence-electron chi connectivity index (χ1n) is 7.40. The number of urea groups is 1. The molecular weight excluding hydrogens is 272 g/mol. The van der Waals surface area contributed by atoms with Gasteiger partial charge in [-0.1, -0.05) is 0 Å². The van der Waals surface area contributed by atoms with Crippen LogP contribution in [0, 0.1) is 17.8 Å². The SMILES string of the molecule is O=C(NCCn1cccn1)NC1C2CCC(C2)C1C(=O)O. The predicted molar refractivity (Wildman–Crippen MR) is 74.5 cm³/mol. The lowest BCUT2D eigenvalue weighted by Crippen LogP contribution is -2.50. The molecule has 3 rings (SSSR count). The summed E-state index contributed by atoms with van der Waals surface area (Å²) in [6.45, 7) is 1.06. The number of nitrogens with zero attached hydrogens (tertiary/aromatic N) is 2. The quantitative estimate of drug-likeness (QED) is 0.743. The van der Waals surface area contributed by atoms with Crippen molar-refractivity contribution in [2.75, 3.05) is 6.54 Å². The van der Waals surface area contributed by atoms with E-state index in [1.807, 2.05) is 12.3 Å². The largest absolute Gasteiger partial charge is 0.481 e. The smallest absolute Gasteiger partial charge is 0.315 e. The Morgan fingerprint density at radius 2 is 2.14 bits per heavy atom. The Morgan fingerprint density at radius 1 is 1.33 bits per heavy atom. The number of hydrogen-bond donors (Lipinski definition) is 3. The molecule has 2 saturated carbocycles. The van der Waals surface area contributed by atoms with Crippen molar-refractivity contribution < 1.29 is 14.7 Å². The molecule has 0 spiro atoms. The molecule has 7 heteroatoms. The van der Waals surface area contributed by atoms with Gasteiger partial charge in [0, 0.05) is 25.0 Å². The van der Waals surface area contributed by atoms with Crippen LogP contribution in [0.3, 0.4) is 0 Å². The summed E-state index contributed by atoms with van der Waals surface area (Å²) in [6.07, 6.45) is 6.44. The molecule has 4 atom stereocenters. The van der Waals surface area contributed by atoms with E-state index in [9.17, 15) is 14.7 Å². The summed E-state index contributed by atoms with van der Waals surface area (Å²) in [5, 5.41) is 19.0. The highest BCUT2D eigenvalue weighted by Gasteiger charge is 2.51. The first-order chi connectivity index (χ1) is 10.1. The molecule has 0 saturated heterocycles. The van der Waals surface area contributed by atoms with Crippen LogP contribution in [0.15, 0.2) is 18.5 Å². The van der Waals surface area contributed by atoms with Gasteiger partial charge in [-0.3, -0.25) is 9.48 Å². The number of carbonyl (C=O) groups excluding carboxylic acids is 1. The summed E-state index contributed by atoms with van der Waals surface area (Å²) < 4.78 is 1.73. The van der Waals surface area contributed by atoms with Gasteiger partial charge in [-0.15, -0.1) is 0 Å². The number of carboxylic acids is 1. The lowest BCUT2D eigenvalue weighted by atomic mass is 9.84. The second kappa shape index (κ2) is 5.75. The number of amides is 2. The van der Waals surface area contributed by atoms with Crippen LogP contribution in [0.25, 0.3) is 0 Å². The average Bonchev–Trinajstić information content (AvgIpc) is 3.14. The highest BCUT2D eigenvalue weighted by atomic mass is 16.4. The zero-order valence-electron chi connectivity index (χ0n) is 11.7. The van der Waals surface area contributed by atoms with Gasteiger partial charge in [0.1, 0.15) is 0 Å². The van der Waals surface area contributed by atoms with Crippen LogP contribution >= 0.6 is 0 Å². The summed E-state index contributed by atoms with van der Waals surface area (Å²) in [7, 11) is 0. The minimum absolute atomic E-state index is 0.224. The van der Waals surface area contributed by atoms with Crippen LogP contribution < -0.4 is 10.6 Å². The summed E-state index contributed by atoms with van der Waals surface area (Å²) in [5.74, 6) is -0.681. The Bertz CT molecular complexity index is 516. The number of aromatic nitrogens is 2. The highest BCUT2D eigenvalue weighted by molar-refractivity contribution is 5.77. The predicted octanol–water partition coefficient (Wildman–Crippen LogP) is 0.682. The maximum atomic E-state index is 11.9. The van der Waals surface area contributed by atoms with Gasteiger partial charge in [0.05, 0.1) is 12.5 Å². The molecule has 1 aromatic rings. The van der Waals surface area contributed by atoms with Gasteiger partial charge in [-0.05, 0) is 37.2 Å². The van der Waals surface area contributed by atoms with E-state index >= 15 is 0 Å². The van der Waals surface area contributed by atoms with Crippen molar-refractivity contribution in [3.8, 4) is 0 Å². The maximum absolute atomic E-state index is 11.9. The number of hydrogen-bond acceptors (Lipinski definition) is 3. The van der Waals surface area contributed by atoms with Crippen molar-refractivity contribution >= 4 is 12.0 Å². The molecule has 1 aromatic heterocycles. The number of carbonyl (C=O) groups is 2. The monoisotopic (exact) mass is 292 g/mol. The van der Waals surface area contributed by atoms with Crippen LogP contribution in [-0.2, 0) is 11.3 Å². The molecule has 1 heterocycles. The van der Waals surface area contributed by atoms with Gasteiger partial charge in [0.2, 0.25) is 0 Å². The van der Waals surface area contributed by atoms with Crippen LogP contribution in [0.1, 0.15) is 19.3 Å². The van der Waals surface area contributed by atoms with Crippen molar-refractivity contribution in [3.63, 3.8) is 0 Å². The van der Waals surface area contributed by atoms with Gasteiger partial charge >= 0.3 is 12.0 Å². The third-order valence-electron chi connectivity index (χ3n) is 4.68. The average molecular weight is 292 g/mol. The maximum Gasteiger partial charge on any atom is 0.315 e. The van der Waals surface area contributed by atoms with Crippen molar-refractivity contribution in [3.05, 3.63) is 18.5 Å². The molecule has 7 nitrogen and oxygen atoms in total. The van der Waals surface area contributed by atoms with Crippen LogP contribution in [-0.4, -0.2) is 39.5 Å². The number of nitrogens with one attached hydrogen (secondary N) is 2. The first-order valence-corrected chi connectivity index (χ1v) is 7.40. The molecular formula is C14H20N4O3. The molecule has 2 amide bonds. The molecule has 0 aliphatic heterocycles. The van der Waals surface area contributed by atoms with E-state index < -0.39 is 11.9 Å². The van der Waals surface area contributed by atoms with Crippen LogP contribution in [0.4, 0.5) is 4.79 Å². The van der Waals surface area contributed by atoms with Crippen LogP contribution in [0.5, 0.6) is 0 Å². The van der Waals surface area contributed by atoms with Gasteiger partial charge in [0.15, 0.2) is 0 Å². The van der Waals surface area contributed by atoms with E-state index in [2.05, 4.69) is 15.7 Å². The fraction of sp³-hybridized carbons (Fsp3) is 0.643. The molecule has 0 radical (unpaired) electrons. The third-order valence-corrected chi connectivity index (χ3v) is 4.68. The summed E-state index contributed by atoms with van der Waals surface area (Å²) >= 11 is 0. The molecule has 2 aliphatic rings. The Kier molecular flexibility index (Phi) is 3.81. The minimum atomic E-state index is -0.788. The molecule has 2 fully saturated rings. The first kappa shape index (κ1) is 13.9. The van der Waals surface area contributed by atoms with Gasteiger partial charge < -0.3 is 15.7 Å². The Balaban J connectivity index is 1.49.